The average Bonchev–Trinajstić information content (AvgIpc) is 3.15. The van der Waals surface area contributed by atoms with Gasteiger partial charge in [-0.05, 0) is 29.7 Å². The van der Waals surface area contributed by atoms with Crippen molar-refractivity contribution in [2.24, 2.45) is 0 Å². The van der Waals surface area contributed by atoms with Gasteiger partial charge in [0.05, 0.1) is 4.92 Å². The highest BCUT2D eigenvalue weighted by molar-refractivity contribution is 6.31. The number of nitrogens with one attached hydrogen (secondary N) is 2. The number of para-hydroxylation sites is 1. The zero-order valence-corrected chi connectivity index (χ0v) is 12.2. The van der Waals surface area contributed by atoms with E-state index in [0.717, 1.165) is 15.9 Å². The second-order valence-electron chi connectivity index (χ2n) is 4.69. The van der Waals surface area contributed by atoms with Crippen molar-refractivity contribution in [3.05, 3.63) is 76.1 Å². The lowest BCUT2D eigenvalue weighted by Crippen LogP contribution is -1.88. The Hall–Kier alpha value is -2.79. The van der Waals surface area contributed by atoms with Gasteiger partial charge in [0, 0.05) is 34.4 Å². The third-order valence-corrected chi connectivity index (χ3v) is 3.51. The molecule has 0 saturated carbocycles. The first-order chi connectivity index (χ1) is 10.6. The summed E-state index contributed by atoms with van der Waals surface area (Å²) in [6.07, 6.45) is 3.60. The maximum absolute atomic E-state index is 10.5. The summed E-state index contributed by atoms with van der Waals surface area (Å²) in [5.74, 6) is 0. The fourth-order valence-electron chi connectivity index (χ4n) is 2.24. The van der Waals surface area contributed by atoms with Crippen LogP contribution in [0.25, 0.3) is 21.8 Å². The largest absolute Gasteiger partial charge is 0.361 e. The van der Waals surface area contributed by atoms with Crippen molar-refractivity contribution in [2.75, 3.05) is 0 Å². The second kappa shape index (κ2) is 5.91. The summed E-state index contributed by atoms with van der Waals surface area (Å²) < 4.78 is 0. The number of H-pyrrole nitrogens is 2. The Morgan fingerprint density at radius 3 is 2.55 bits per heavy atom. The maximum Gasteiger partial charge on any atom is 0.293 e. The van der Waals surface area contributed by atoms with Crippen molar-refractivity contribution in [2.45, 2.75) is 0 Å². The molecule has 4 rings (SSSR count). The van der Waals surface area contributed by atoms with Crippen LogP contribution < -0.4 is 0 Å². The van der Waals surface area contributed by atoms with E-state index < -0.39 is 4.92 Å². The first-order valence-electron chi connectivity index (χ1n) is 6.58. The van der Waals surface area contributed by atoms with E-state index in [1.807, 2.05) is 42.6 Å². The molecule has 0 amide bonds. The quantitative estimate of drug-likeness (QED) is 0.387. The molecule has 0 aliphatic carbocycles. The highest BCUT2D eigenvalue weighted by Gasteiger charge is 2.10. The molecule has 0 fully saturated rings. The van der Waals surface area contributed by atoms with Crippen molar-refractivity contribution in [1.29, 1.82) is 0 Å². The molecule has 110 valence electrons. The molecule has 22 heavy (non-hydrogen) atoms. The van der Waals surface area contributed by atoms with Crippen LogP contribution in [0.1, 0.15) is 0 Å². The van der Waals surface area contributed by atoms with Gasteiger partial charge < -0.3 is 9.97 Å². The Morgan fingerprint density at radius 1 is 0.955 bits per heavy atom. The number of rotatable bonds is 1. The van der Waals surface area contributed by atoms with Gasteiger partial charge in [-0.2, -0.15) is 0 Å². The Morgan fingerprint density at radius 2 is 1.73 bits per heavy atom. The Kier molecular flexibility index (Phi) is 3.80. The van der Waals surface area contributed by atoms with Crippen LogP contribution in [0.2, 0.25) is 5.02 Å². The lowest BCUT2D eigenvalue weighted by molar-refractivity contribution is -0.383. The molecule has 2 heterocycles. The highest BCUT2D eigenvalue weighted by Crippen LogP contribution is 2.22. The van der Waals surface area contributed by atoms with Gasteiger partial charge >= 0.3 is 0 Å². The molecule has 5 nitrogen and oxygen atoms in total. The number of nitro benzene ring substituents is 1. The van der Waals surface area contributed by atoms with E-state index >= 15 is 0 Å². The molecule has 4 aromatic rings. The number of halogens is 1. The normalized spacial score (nSPS) is 10.4. The van der Waals surface area contributed by atoms with E-state index in [9.17, 15) is 10.1 Å². The number of non-ortho nitro benzene ring substituents is 1. The third-order valence-electron chi connectivity index (χ3n) is 3.28. The molecule has 0 atom stereocenters. The molecule has 0 saturated heterocycles. The van der Waals surface area contributed by atoms with Crippen LogP contribution in [0.15, 0.2) is 60.9 Å². The van der Waals surface area contributed by atoms with E-state index in [4.69, 9.17) is 11.6 Å². The summed E-state index contributed by atoms with van der Waals surface area (Å²) in [5, 5.41) is 13.3. The predicted molar refractivity (Wildman–Crippen MR) is 88.3 cm³/mol. The minimum atomic E-state index is -0.390. The summed E-state index contributed by atoms with van der Waals surface area (Å²) in [5.41, 5.74) is 1.80. The molecule has 0 spiro atoms. The lowest BCUT2D eigenvalue weighted by atomic mass is 10.2. The summed E-state index contributed by atoms with van der Waals surface area (Å²) >= 11 is 5.76. The van der Waals surface area contributed by atoms with Gasteiger partial charge in [-0.1, -0.05) is 29.8 Å². The predicted octanol–water partition coefficient (Wildman–Crippen LogP) is 4.90. The van der Waals surface area contributed by atoms with Gasteiger partial charge in [-0.25, -0.2) is 0 Å². The monoisotopic (exact) mass is 313 g/mol. The molecular weight excluding hydrogens is 302 g/mol. The zero-order chi connectivity index (χ0) is 15.5. The Labute approximate surface area is 130 Å². The third kappa shape index (κ3) is 2.80. The SMILES string of the molecule is Clc1ccc2cc[nH]c2c1.O=[N+]([O-])c1cccc2cc[nH]c12. The molecule has 0 aliphatic rings. The van der Waals surface area contributed by atoms with Gasteiger partial charge in [-0.15, -0.1) is 0 Å². The number of aromatic nitrogens is 2. The number of aromatic amines is 2. The molecule has 6 heteroatoms. The van der Waals surface area contributed by atoms with E-state index in [1.165, 1.54) is 11.5 Å². The fourth-order valence-corrected chi connectivity index (χ4v) is 2.41. The zero-order valence-electron chi connectivity index (χ0n) is 11.4. The number of hydrogen-bond acceptors (Lipinski definition) is 2. The van der Waals surface area contributed by atoms with E-state index in [-0.39, 0.29) is 5.69 Å². The van der Waals surface area contributed by atoms with Crippen LogP contribution >= 0.6 is 11.6 Å². The maximum atomic E-state index is 10.5. The summed E-state index contributed by atoms with van der Waals surface area (Å²) in [7, 11) is 0. The molecule has 0 bridgehead atoms. The molecule has 0 radical (unpaired) electrons. The van der Waals surface area contributed by atoms with Gasteiger partial charge in [0.1, 0.15) is 5.52 Å². The molecule has 2 N–H and O–H groups in total. The number of hydrogen-bond donors (Lipinski definition) is 2. The van der Waals surface area contributed by atoms with Crippen LogP contribution in [0.5, 0.6) is 0 Å². The number of fused-ring (bicyclic) bond motifs is 2. The molecule has 2 aromatic heterocycles. The lowest BCUT2D eigenvalue weighted by Gasteiger charge is -1.91. The van der Waals surface area contributed by atoms with Crippen molar-refractivity contribution in [3.8, 4) is 0 Å². The highest BCUT2D eigenvalue weighted by atomic mass is 35.5. The van der Waals surface area contributed by atoms with Crippen LogP contribution in [-0.4, -0.2) is 14.9 Å². The Bertz CT molecular complexity index is 943. The summed E-state index contributed by atoms with van der Waals surface area (Å²) in [6.45, 7) is 0. The smallest absolute Gasteiger partial charge is 0.293 e. The van der Waals surface area contributed by atoms with Crippen LogP contribution in [0.3, 0.4) is 0 Å². The first-order valence-corrected chi connectivity index (χ1v) is 6.96. The van der Waals surface area contributed by atoms with Crippen LogP contribution in [-0.2, 0) is 0 Å². The van der Waals surface area contributed by atoms with Gasteiger partial charge in [0.25, 0.3) is 5.69 Å². The van der Waals surface area contributed by atoms with Crippen LogP contribution in [0.4, 0.5) is 5.69 Å². The first kappa shape index (κ1) is 14.2. The van der Waals surface area contributed by atoms with Gasteiger partial charge in [0.2, 0.25) is 0 Å². The number of nitrogens with zero attached hydrogens (tertiary/aromatic N) is 1. The summed E-state index contributed by atoms with van der Waals surface area (Å²) in [4.78, 5) is 16.0. The number of nitro groups is 1. The van der Waals surface area contributed by atoms with E-state index in [2.05, 4.69) is 9.97 Å². The number of benzene rings is 2. The Balaban J connectivity index is 0.000000133. The van der Waals surface area contributed by atoms with E-state index in [1.54, 1.807) is 12.3 Å². The summed E-state index contributed by atoms with van der Waals surface area (Å²) in [6, 6.07) is 14.6. The molecule has 0 unspecified atom stereocenters. The van der Waals surface area contributed by atoms with Crippen molar-refractivity contribution in [3.63, 3.8) is 0 Å². The minimum absolute atomic E-state index is 0.123. The standard InChI is InChI=1S/C8H6ClN.C8H6N2O2/c9-7-2-1-6-3-4-10-8(6)5-7;11-10(12)7-3-1-2-6-4-5-9-8(6)7/h1-5,10H;1-5,9H. The molecule has 0 aliphatic heterocycles. The minimum Gasteiger partial charge on any atom is -0.361 e. The fraction of sp³-hybridized carbons (Fsp3) is 0. The topological polar surface area (TPSA) is 74.7 Å². The van der Waals surface area contributed by atoms with Crippen molar-refractivity contribution < 1.29 is 4.92 Å². The second-order valence-corrected chi connectivity index (χ2v) is 5.12. The average molecular weight is 314 g/mol. The van der Waals surface area contributed by atoms with Gasteiger partial charge in [-0.3, -0.25) is 10.1 Å². The van der Waals surface area contributed by atoms with Gasteiger partial charge in [0.15, 0.2) is 0 Å². The molecular formula is C16H12ClN3O2. The van der Waals surface area contributed by atoms with Crippen molar-refractivity contribution >= 4 is 39.1 Å². The van der Waals surface area contributed by atoms with Crippen LogP contribution in [0, 0.1) is 10.1 Å². The van der Waals surface area contributed by atoms with E-state index in [0.29, 0.717) is 5.52 Å². The molecule has 2 aromatic carbocycles. The van der Waals surface area contributed by atoms with Crippen molar-refractivity contribution in [1.82, 2.24) is 9.97 Å².